The van der Waals surface area contributed by atoms with E-state index in [1.807, 2.05) is 0 Å². The molecular formula is C14H14N2OS2. The number of thioether (sulfide) groups is 1. The van der Waals surface area contributed by atoms with Crippen molar-refractivity contribution in [3.8, 4) is 11.6 Å². The maximum absolute atomic E-state index is 5.49. The maximum Gasteiger partial charge on any atom is 0.200 e. The molecule has 0 saturated carbocycles. The third-order valence-corrected chi connectivity index (χ3v) is 5.03. The Morgan fingerprint density at radius 2 is 2.00 bits per heavy atom. The van der Waals surface area contributed by atoms with Crippen LogP contribution in [-0.4, -0.2) is 22.3 Å². The van der Waals surface area contributed by atoms with E-state index in [0.29, 0.717) is 0 Å². The first-order chi connectivity index (χ1) is 9.24. The number of hydrogen-bond donors (Lipinski definition) is 0. The first kappa shape index (κ1) is 12.6. The van der Waals surface area contributed by atoms with Crippen molar-refractivity contribution in [3.05, 3.63) is 35.9 Å². The number of methoxy groups -OCH3 is 1. The average molecular weight is 290 g/mol. The summed E-state index contributed by atoms with van der Waals surface area (Å²) in [6, 6.07) is 10.4. The van der Waals surface area contributed by atoms with Gasteiger partial charge in [0.1, 0.15) is 0 Å². The topological polar surface area (TPSA) is 27.1 Å². The minimum atomic E-state index is 0.824. The average Bonchev–Trinajstić information content (AvgIpc) is 2.97. The van der Waals surface area contributed by atoms with Crippen molar-refractivity contribution in [1.29, 1.82) is 0 Å². The van der Waals surface area contributed by atoms with Crippen LogP contribution in [0.1, 0.15) is 5.56 Å². The van der Waals surface area contributed by atoms with Crippen molar-refractivity contribution in [3.63, 3.8) is 0 Å². The van der Waals surface area contributed by atoms with Gasteiger partial charge in [0.15, 0.2) is 11.5 Å². The lowest BCUT2D eigenvalue weighted by molar-refractivity contribution is 0.391. The Morgan fingerprint density at radius 1 is 1.26 bits per heavy atom. The van der Waals surface area contributed by atoms with Gasteiger partial charge in [-0.2, -0.15) is 4.37 Å². The van der Waals surface area contributed by atoms with E-state index in [2.05, 4.69) is 52.5 Å². The minimum Gasteiger partial charge on any atom is -0.482 e. The van der Waals surface area contributed by atoms with E-state index in [1.165, 1.54) is 21.3 Å². The van der Waals surface area contributed by atoms with Gasteiger partial charge in [-0.15, -0.1) is 11.8 Å². The van der Waals surface area contributed by atoms with Gasteiger partial charge in [-0.25, -0.2) is 0 Å². The van der Waals surface area contributed by atoms with Crippen LogP contribution in [0.2, 0.25) is 0 Å². The molecule has 5 heteroatoms. The molecule has 0 aliphatic carbocycles. The van der Waals surface area contributed by atoms with Crippen molar-refractivity contribution < 1.29 is 4.74 Å². The van der Waals surface area contributed by atoms with Crippen molar-refractivity contribution in [2.75, 3.05) is 13.4 Å². The van der Waals surface area contributed by atoms with Crippen LogP contribution >= 0.6 is 23.3 Å². The minimum absolute atomic E-state index is 0.824. The number of aryl methyl sites for hydroxylation is 1. The molecule has 0 amide bonds. The Kier molecular flexibility index (Phi) is 3.24. The van der Waals surface area contributed by atoms with Gasteiger partial charge in [-0.05, 0) is 36.8 Å². The second-order valence-electron chi connectivity index (χ2n) is 4.27. The van der Waals surface area contributed by atoms with Crippen molar-refractivity contribution >= 4 is 34.3 Å². The summed E-state index contributed by atoms with van der Waals surface area (Å²) in [5, 5.41) is 1.16. The Morgan fingerprint density at radius 3 is 2.63 bits per heavy atom. The smallest absolute Gasteiger partial charge is 0.200 e. The number of hydrogen-bond acceptors (Lipinski definition) is 4. The van der Waals surface area contributed by atoms with Gasteiger partial charge in [0.2, 0.25) is 0 Å². The SMILES string of the molecule is COc1cc2c(SC)snc2n1-c1ccc(C)cc1. The number of rotatable bonds is 3. The van der Waals surface area contributed by atoms with Crippen LogP contribution in [0.4, 0.5) is 0 Å². The van der Waals surface area contributed by atoms with Gasteiger partial charge in [0.05, 0.1) is 17.0 Å². The lowest BCUT2D eigenvalue weighted by atomic mass is 10.2. The molecule has 3 rings (SSSR count). The van der Waals surface area contributed by atoms with E-state index in [1.54, 1.807) is 18.9 Å². The summed E-state index contributed by atoms with van der Waals surface area (Å²) in [6.07, 6.45) is 2.07. The fraction of sp³-hybridized carbons (Fsp3) is 0.214. The Bertz CT molecular complexity index is 713. The van der Waals surface area contributed by atoms with E-state index in [9.17, 15) is 0 Å². The van der Waals surface area contributed by atoms with Gasteiger partial charge < -0.3 is 4.74 Å². The highest BCUT2D eigenvalue weighted by Crippen LogP contribution is 2.37. The number of nitrogens with zero attached hydrogens (tertiary/aromatic N) is 2. The summed E-state index contributed by atoms with van der Waals surface area (Å²) in [4.78, 5) is 0. The molecule has 0 radical (unpaired) electrons. The van der Waals surface area contributed by atoms with Crippen LogP contribution in [0.5, 0.6) is 5.88 Å². The molecule has 0 spiro atoms. The second kappa shape index (κ2) is 4.90. The largest absolute Gasteiger partial charge is 0.482 e. The Hall–Kier alpha value is -1.46. The molecule has 2 heterocycles. The summed E-state index contributed by atoms with van der Waals surface area (Å²) < 4.78 is 13.3. The molecule has 2 aromatic heterocycles. The van der Waals surface area contributed by atoms with Crippen LogP contribution < -0.4 is 4.74 Å². The first-order valence-corrected chi connectivity index (χ1v) is 7.90. The molecule has 0 fully saturated rings. The highest BCUT2D eigenvalue weighted by atomic mass is 32.2. The Balaban J connectivity index is 2.26. The zero-order valence-electron chi connectivity index (χ0n) is 11.0. The normalized spacial score (nSPS) is 11.1. The molecule has 1 aromatic carbocycles. The summed E-state index contributed by atoms with van der Waals surface area (Å²) >= 11 is 3.26. The molecule has 19 heavy (non-hydrogen) atoms. The van der Waals surface area contributed by atoms with Crippen molar-refractivity contribution in [1.82, 2.24) is 8.94 Å². The second-order valence-corrected chi connectivity index (χ2v) is 6.12. The van der Waals surface area contributed by atoms with E-state index >= 15 is 0 Å². The van der Waals surface area contributed by atoms with Gasteiger partial charge in [0.25, 0.3) is 0 Å². The van der Waals surface area contributed by atoms with Crippen LogP contribution in [0.15, 0.2) is 34.5 Å². The van der Waals surface area contributed by atoms with Crippen molar-refractivity contribution in [2.45, 2.75) is 11.1 Å². The molecule has 0 saturated heterocycles. The highest BCUT2D eigenvalue weighted by molar-refractivity contribution is 8.00. The van der Waals surface area contributed by atoms with Crippen LogP contribution in [0, 0.1) is 6.92 Å². The standard InChI is InChI=1S/C14H14N2OS2/c1-9-4-6-10(7-5-9)16-12(17-2)8-11-13(16)15-19-14(11)18-3/h4-8H,1-3H3. The van der Waals surface area contributed by atoms with E-state index in [4.69, 9.17) is 4.74 Å². The van der Waals surface area contributed by atoms with Crippen molar-refractivity contribution in [2.24, 2.45) is 0 Å². The fourth-order valence-electron chi connectivity index (χ4n) is 2.09. The fourth-order valence-corrected chi connectivity index (χ4v) is 3.47. The number of aromatic nitrogens is 2. The summed E-state index contributed by atoms with van der Waals surface area (Å²) in [5.74, 6) is 0.824. The Labute approximate surface area is 120 Å². The summed E-state index contributed by atoms with van der Waals surface area (Å²) in [7, 11) is 1.70. The van der Waals surface area contributed by atoms with E-state index in [-0.39, 0.29) is 0 Å². The molecule has 3 nitrogen and oxygen atoms in total. The number of benzene rings is 1. The zero-order valence-corrected chi connectivity index (χ0v) is 12.6. The molecular weight excluding hydrogens is 276 g/mol. The number of fused-ring (bicyclic) bond motifs is 1. The highest BCUT2D eigenvalue weighted by Gasteiger charge is 2.16. The first-order valence-electron chi connectivity index (χ1n) is 5.90. The van der Waals surface area contributed by atoms with Crippen LogP contribution in [0.3, 0.4) is 0 Å². The maximum atomic E-state index is 5.49. The molecule has 0 N–H and O–H groups in total. The molecule has 98 valence electrons. The summed E-state index contributed by atoms with van der Waals surface area (Å²) in [6.45, 7) is 2.08. The molecule has 0 aliphatic rings. The molecule has 0 unspecified atom stereocenters. The molecule has 0 bridgehead atoms. The van der Waals surface area contributed by atoms with Crippen LogP contribution in [0.25, 0.3) is 16.7 Å². The third kappa shape index (κ3) is 2.03. The van der Waals surface area contributed by atoms with E-state index < -0.39 is 0 Å². The van der Waals surface area contributed by atoms with Crippen LogP contribution in [-0.2, 0) is 0 Å². The molecule has 0 atom stereocenters. The molecule has 3 aromatic rings. The predicted molar refractivity (Wildman–Crippen MR) is 82.0 cm³/mol. The predicted octanol–water partition coefficient (Wildman–Crippen LogP) is 4.13. The van der Waals surface area contributed by atoms with Gasteiger partial charge in [-0.3, -0.25) is 4.57 Å². The monoisotopic (exact) mass is 290 g/mol. The summed E-state index contributed by atoms with van der Waals surface area (Å²) in [5.41, 5.74) is 3.29. The molecule has 0 aliphatic heterocycles. The van der Waals surface area contributed by atoms with Gasteiger partial charge in [0, 0.05) is 11.5 Å². The van der Waals surface area contributed by atoms with Gasteiger partial charge >= 0.3 is 0 Å². The third-order valence-electron chi connectivity index (χ3n) is 3.06. The lowest BCUT2D eigenvalue weighted by Gasteiger charge is -2.08. The lowest BCUT2D eigenvalue weighted by Crippen LogP contribution is -1.97. The van der Waals surface area contributed by atoms with Gasteiger partial charge in [-0.1, -0.05) is 17.7 Å². The quantitative estimate of drug-likeness (QED) is 0.679. The zero-order chi connectivity index (χ0) is 13.4. The number of ether oxygens (including phenoxy) is 1. The van der Waals surface area contributed by atoms with E-state index in [0.717, 1.165) is 22.6 Å².